The van der Waals surface area contributed by atoms with Crippen LogP contribution in [0.2, 0.25) is 0 Å². The van der Waals surface area contributed by atoms with Gasteiger partial charge in [-0.3, -0.25) is 24.0 Å². The minimum Gasteiger partial charge on any atom is -0.352 e. The Bertz CT molecular complexity index is 1220. The molecule has 2 aromatic heterocycles. The largest absolute Gasteiger partial charge is 0.421 e. The summed E-state index contributed by atoms with van der Waals surface area (Å²) in [6.45, 7) is 3.49. The number of methoxy groups -OCH3 is 2. The van der Waals surface area contributed by atoms with E-state index in [4.69, 9.17) is 9.47 Å². The Morgan fingerprint density at radius 3 is 2.38 bits per heavy atom. The number of hydrogen-bond donors (Lipinski definition) is 1. The summed E-state index contributed by atoms with van der Waals surface area (Å²) in [6.07, 6.45) is -3.46. The van der Waals surface area contributed by atoms with Crippen LogP contribution in [-0.4, -0.2) is 35.2 Å². The van der Waals surface area contributed by atoms with E-state index < -0.39 is 24.3 Å². The second-order valence-electron chi connectivity index (χ2n) is 8.39. The van der Waals surface area contributed by atoms with Crippen molar-refractivity contribution in [1.82, 2.24) is 14.5 Å². The summed E-state index contributed by atoms with van der Waals surface area (Å²) >= 11 is 0. The first-order valence-corrected chi connectivity index (χ1v) is 10.9. The molecule has 9 heteroatoms. The molecule has 34 heavy (non-hydrogen) atoms. The quantitative estimate of drug-likeness (QED) is 0.528. The molecule has 1 aromatic carbocycles. The van der Waals surface area contributed by atoms with Crippen molar-refractivity contribution >= 4 is 11.8 Å². The first-order chi connectivity index (χ1) is 16.2. The van der Waals surface area contributed by atoms with Crippen molar-refractivity contribution in [2.24, 2.45) is 0 Å². The molecule has 0 saturated carbocycles. The molecule has 7 nitrogen and oxygen atoms in total. The number of hydrogen-bond acceptors (Lipinski definition) is 4. The number of amides is 2. The van der Waals surface area contributed by atoms with Crippen LogP contribution in [0.25, 0.3) is 0 Å². The van der Waals surface area contributed by atoms with Gasteiger partial charge in [-0.15, -0.1) is 0 Å². The van der Waals surface area contributed by atoms with E-state index in [0.29, 0.717) is 34.8 Å². The number of imide groups is 1. The van der Waals surface area contributed by atoms with Crippen molar-refractivity contribution in [3.63, 3.8) is 0 Å². The Hall–Kier alpha value is -3.30. The van der Waals surface area contributed by atoms with Gasteiger partial charge in [-0.2, -0.15) is 8.78 Å². The monoisotopic (exact) mass is 471 g/mol. The third-order valence-corrected chi connectivity index (χ3v) is 6.17. The first-order valence-electron chi connectivity index (χ1n) is 10.9. The van der Waals surface area contributed by atoms with Crippen molar-refractivity contribution in [2.75, 3.05) is 14.2 Å². The van der Waals surface area contributed by atoms with E-state index in [-0.39, 0.29) is 12.8 Å². The minimum absolute atomic E-state index is 0.0750. The van der Waals surface area contributed by atoms with Crippen LogP contribution in [0.15, 0.2) is 42.5 Å². The number of nitrogens with one attached hydrogen (secondary N) is 1. The Morgan fingerprint density at radius 2 is 1.74 bits per heavy atom. The Kier molecular flexibility index (Phi) is 6.42. The zero-order valence-electron chi connectivity index (χ0n) is 19.5. The lowest BCUT2D eigenvalue weighted by atomic mass is 10.1. The summed E-state index contributed by atoms with van der Waals surface area (Å²) in [7, 11) is 3.01. The van der Waals surface area contributed by atoms with Crippen molar-refractivity contribution in [3.05, 3.63) is 81.9 Å². The van der Waals surface area contributed by atoms with Crippen molar-refractivity contribution in [1.29, 1.82) is 0 Å². The van der Waals surface area contributed by atoms with Gasteiger partial charge in [0.25, 0.3) is 5.91 Å². The van der Waals surface area contributed by atoms with E-state index in [9.17, 15) is 9.59 Å². The molecule has 0 spiro atoms. The first kappa shape index (κ1) is 23.8. The Labute approximate surface area is 196 Å². The number of carbonyl (C=O) groups excluding carboxylic acids is 2. The van der Waals surface area contributed by atoms with E-state index in [1.54, 1.807) is 49.4 Å². The number of ether oxygens (including phenoxy) is 2. The molecule has 0 bridgehead atoms. The third-order valence-electron chi connectivity index (χ3n) is 6.17. The van der Waals surface area contributed by atoms with Crippen LogP contribution in [0, 0.1) is 13.8 Å². The van der Waals surface area contributed by atoms with Crippen LogP contribution >= 0.6 is 0 Å². The van der Waals surface area contributed by atoms with Gasteiger partial charge in [-0.1, -0.05) is 12.1 Å². The smallest absolute Gasteiger partial charge is 0.352 e. The molecule has 2 amide bonds. The number of fused-ring (bicyclic) bond motifs is 2. The Morgan fingerprint density at radius 1 is 1.06 bits per heavy atom. The van der Waals surface area contributed by atoms with Crippen LogP contribution < -0.4 is 5.32 Å². The van der Waals surface area contributed by atoms with Crippen LogP contribution in [-0.2, 0) is 33.3 Å². The molecular weight excluding hydrogens is 444 g/mol. The number of rotatable bonds is 7. The second kappa shape index (κ2) is 9.15. The summed E-state index contributed by atoms with van der Waals surface area (Å²) in [5.41, 5.74) is 3.76. The summed E-state index contributed by atoms with van der Waals surface area (Å²) in [6, 6.07) is 11.5. The highest BCUT2D eigenvalue weighted by Gasteiger charge is 2.43. The third kappa shape index (κ3) is 4.17. The van der Waals surface area contributed by atoms with Crippen LogP contribution in [0.5, 0.6) is 0 Å². The van der Waals surface area contributed by atoms with E-state index in [2.05, 4.69) is 5.32 Å². The number of aromatic nitrogens is 2. The van der Waals surface area contributed by atoms with Crippen molar-refractivity contribution in [3.8, 4) is 0 Å². The molecule has 0 unspecified atom stereocenters. The lowest BCUT2D eigenvalue weighted by Gasteiger charge is -2.32. The van der Waals surface area contributed by atoms with E-state index in [1.807, 2.05) is 6.92 Å². The number of alkyl halides is 2. The molecule has 1 N–H and O–H groups in total. The fraction of sp³-hybridized carbons (Fsp3) is 0.360. The number of carbonyl (C=O) groups is 2. The average molecular weight is 472 g/mol. The van der Waals surface area contributed by atoms with E-state index >= 15 is 8.78 Å². The molecule has 3 heterocycles. The highest BCUT2D eigenvalue weighted by atomic mass is 19.3. The van der Waals surface area contributed by atoms with Gasteiger partial charge in [-0.25, -0.2) is 0 Å². The molecular formula is C25H27F2N3O4. The molecule has 1 aliphatic rings. The van der Waals surface area contributed by atoms with Crippen molar-refractivity contribution in [2.45, 2.75) is 45.6 Å². The zero-order chi connectivity index (χ0) is 24.6. The standard InChI is InChI=1S/C25H27F2N3O4/c1-15-13-16(2)29-21(15)14-20-10-9-19(30(20)25(29,26)27)11-12-22(31)28-23(32)17-5-7-18(8-6-17)24(33-3)34-4/h5-10,13,24H,11-12,14H2,1-4H3,(H,28,31,32). The van der Waals surface area contributed by atoms with Gasteiger partial charge in [-0.05, 0) is 56.2 Å². The molecule has 0 saturated heterocycles. The topological polar surface area (TPSA) is 74.5 Å². The lowest BCUT2D eigenvalue weighted by Crippen LogP contribution is -2.40. The maximum atomic E-state index is 15.4. The number of halogens is 2. The molecule has 180 valence electrons. The molecule has 0 radical (unpaired) electrons. The number of benzene rings is 1. The highest BCUT2D eigenvalue weighted by molar-refractivity contribution is 6.04. The van der Waals surface area contributed by atoms with Gasteiger partial charge in [0.05, 0.1) is 0 Å². The summed E-state index contributed by atoms with van der Waals surface area (Å²) < 4.78 is 43.2. The summed E-state index contributed by atoms with van der Waals surface area (Å²) in [5, 5.41) is 2.32. The minimum atomic E-state index is -3.27. The average Bonchev–Trinajstić information content (AvgIpc) is 3.35. The lowest BCUT2D eigenvalue weighted by molar-refractivity contribution is -0.124. The van der Waals surface area contributed by atoms with Gasteiger partial charge in [0.15, 0.2) is 6.29 Å². The Balaban J connectivity index is 1.42. The van der Waals surface area contributed by atoms with Crippen LogP contribution in [0.1, 0.15) is 57.0 Å². The zero-order valence-corrected chi connectivity index (χ0v) is 19.5. The molecule has 3 aromatic rings. The van der Waals surface area contributed by atoms with E-state index in [0.717, 1.165) is 20.3 Å². The summed E-state index contributed by atoms with van der Waals surface area (Å²) in [5.74, 6) is -1.10. The molecule has 0 atom stereocenters. The fourth-order valence-electron chi connectivity index (χ4n) is 4.58. The predicted molar refractivity (Wildman–Crippen MR) is 121 cm³/mol. The predicted octanol–water partition coefficient (Wildman–Crippen LogP) is 4.05. The van der Waals surface area contributed by atoms with Gasteiger partial charge < -0.3 is 9.47 Å². The van der Waals surface area contributed by atoms with Gasteiger partial charge in [0.2, 0.25) is 5.91 Å². The van der Waals surface area contributed by atoms with Crippen LogP contribution in [0.3, 0.4) is 0 Å². The molecule has 0 fully saturated rings. The highest BCUT2D eigenvalue weighted by Crippen LogP contribution is 2.38. The number of nitrogens with zero attached hydrogens (tertiary/aromatic N) is 2. The molecule has 0 aliphatic carbocycles. The SMILES string of the molecule is COC(OC)c1ccc(C(=O)NC(=O)CCc2ccc3n2C(F)(F)n2c(C)cc(C)c2C3)cc1. The van der Waals surface area contributed by atoms with Crippen LogP contribution in [0.4, 0.5) is 8.78 Å². The second-order valence-corrected chi connectivity index (χ2v) is 8.39. The maximum Gasteiger partial charge on any atom is 0.421 e. The van der Waals surface area contributed by atoms with Gasteiger partial charge >= 0.3 is 6.17 Å². The molecule has 4 rings (SSSR count). The van der Waals surface area contributed by atoms with E-state index in [1.165, 1.54) is 14.2 Å². The number of aryl methyl sites for hydroxylation is 3. The summed E-state index contributed by atoms with van der Waals surface area (Å²) in [4.78, 5) is 24.8. The normalized spacial score (nSPS) is 14.1. The maximum absolute atomic E-state index is 15.4. The van der Waals surface area contributed by atoms with Gasteiger partial charge in [0, 0.05) is 61.0 Å². The fourth-order valence-corrected chi connectivity index (χ4v) is 4.58. The van der Waals surface area contributed by atoms with Crippen molar-refractivity contribution < 1.29 is 27.8 Å². The van der Waals surface area contributed by atoms with Gasteiger partial charge in [0.1, 0.15) is 0 Å². The molecule has 1 aliphatic heterocycles.